The molecule has 1 unspecified atom stereocenters. The normalized spacial score (nSPS) is 17.7. The predicted octanol–water partition coefficient (Wildman–Crippen LogP) is 2.84. The van der Waals surface area contributed by atoms with Crippen molar-refractivity contribution in [1.82, 2.24) is 10.6 Å². The Balaban J connectivity index is 2.10. The van der Waals surface area contributed by atoms with E-state index in [1.54, 1.807) is 6.07 Å². The number of aliphatic hydroxyl groups excluding tert-OH is 1. The van der Waals surface area contributed by atoms with Gasteiger partial charge in [-0.1, -0.05) is 12.1 Å². The second kappa shape index (κ2) is 6.56. The number of halogens is 3. The van der Waals surface area contributed by atoms with E-state index in [0.29, 0.717) is 5.56 Å². The Bertz CT molecular complexity index is 528. The molecule has 4 nitrogen and oxygen atoms in total. The molecule has 0 heterocycles. The van der Waals surface area contributed by atoms with Crippen LogP contribution in [0.4, 0.5) is 18.0 Å². The van der Waals surface area contributed by atoms with Crippen molar-refractivity contribution in [2.24, 2.45) is 5.92 Å². The van der Waals surface area contributed by atoms with Crippen molar-refractivity contribution >= 4 is 6.03 Å². The highest BCUT2D eigenvalue weighted by Gasteiger charge is 2.36. The molecule has 0 aliphatic heterocycles. The van der Waals surface area contributed by atoms with Gasteiger partial charge >= 0.3 is 12.2 Å². The molecule has 0 radical (unpaired) electrons. The molecule has 3 N–H and O–H groups in total. The van der Waals surface area contributed by atoms with E-state index in [4.69, 9.17) is 5.11 Å². The highest BCUT2D eigenvalue weighted by molar-refractivity contribution is 5.74. The number of aliphatic hydroxyl groups is 1. The number of carbonyl (C=O) groups excluding carboxylic acids is 1. The minimum Gasteiger partial charge on any atom is -0.392 e. The number of nitrogens with one attached hydrogen (secondary N) is 2. The summed E-state index contributed by atoms with van der Waals surface area (Å²) in [5.74, 6) is 0.154. The van der Waals surface area contributed by atoms with E-state index in [0.717, 1.165) is 25.0 Å². The Hall–Kier alpha value is -1.76. The summed E-state index contributed by atoms with van der Waals surface area (Å²) < 4.78 is 38.4. The van der Waals surface area contributed by atoms with Gasteiger partial charge in [0.2, 0.25) is 0 Å². The van der Waals surface area contributed by atoms with Crippen LogP contribution in [0, 0.1) is 5.92 Å². The first-order valence-corrected chi connectivity index (χ1v) is 7.17. The number of alkyl halides is 3. The van der Waals surface area contributed by atoms with E-state index < -0.39 is 29.9 Å². The topological polar surface area (TPSA) is 61.4 Å². The lowest BCUT2D eigenvalue weighted by molar-refractivity contribution is -0.137. The summed E-state index contributed by atoms with van der Waals surface area (Å²) in [5, 5.41) is 14.3. The van der Waals surface area contributed by atoms with Gasteiger partial charge < -0.3 is 15.7 Å². The lowest BCUT2D eigenvalue weighted by atomic mass is 10.00. The molecule has 1 aromatic rings. The second-order valence-electron chi connectivity index (χ2n) is 5.64. The van der Waals surface area contributed by atoms with Crippen LogP contribution in [-0.4, -0.2) is 23.8 Å². The molecule has 2 rings (SSSR count). The first-order chi connectivity index (χ1) is 10.3. The average Bonchev–Trinajstić information content (AvgIpc) is 3.26. The van der Waals surface area contributed by atoms with Crippen molar-refractivity contribution in [3.8, 4) is 0 Å². The third kappa shape index (κ3) is 4.62. The second-order valence-corrected chi connectivity index (χ2v) is 5.64. The van der Waals surface area contributed by atoms with E-state index >= 15 is 0 Å². The number of benzene rings is 1. The standard InChI is InChI=1S/C15H19F3N2O2/c1-9(21)8-19-14(22)20-13(10-5-6-10)11-3-2-4-12(7-11)15(16,17)18/h2-4,7,9-10,13,21H,5-6,8H2,1H3,(H2,19,20,22)/t9-,13?/m1/s1. The number of amides is 2. The summed E-state index contributed by atoms with van der Waals surface area (Å²) in [7, 11) is 0. The molecule has 1 aliphatic rings. The van der Waals surface area contributed by atoms with Crippen molar-refractivity contribution in [2.75, 3.05) is 6.54 Å². The zero-order valence-electron chi connectivity index (χ0n) is 12.2. The van der Waals surface area contributed by atoms with Crippen molar-refractivity contribution in [3.05, 3.63) is 35.4 Å². The molecule has 2 atom stereocenters. The number of carbonyl (C=O) groups is 1. The third-order valence-corrected chi connectivity index (χ3v) is 3.51. The molecular formula is C15H19F3N2O2. The third-order valence-electron chi connectivity index (χ3n) is 3.51. The van der Waals surface area contributed by atoms with Crippen LogP contribution in [0.25, 0.3) is 0 Å². The van der Waals surface area contributed by atoms with Gasteiger partial charge in [0.15, 0.2) is 0 Å². The smallest absolute Gasteiger partial charge is 0.392 e. The van der Waals surface area contributed by atoms with Crippen LogP contribution in [0.5, 0.6) is 0 Å². The van der Waals surface area contributed by atoms with E-state index in [1.165, 1.54) is 13.0 Å². The molecule has 0 aromatic heterocycles. The SMILES string of the molecule is C[C@@H](O)CNC(=O)NC(c1cccc(C(F)(F)F)c1)C1CC1. The van der Waals surface area contributed by atoms with Crippen molar-refractivity contribution < 1.29 is 23.1 Å². The van der Waals surface area contributed by atoms with Crippen LogP contribution in [0.15, 0.2) is 24.3 Å². The number of hydrogen-bond acceptors (Lipinski definition) is 2. The molecule has 2 amide bonds. The van der Waals surface area contributed by atoms with Crippen molar-refractivity contribution in [3.63, 3.8) is 0 Å². The number of hydrogen-bond donors (Lipinski definition) is 3. The van der Waals surface area contributed by atoms with Crippen molar-refractivity contribution in [2.45, 2.75) is 38.1 Å². The first-order valence-electron chi connectivity index (χ1n) is 7.17. The fraction of sp³-hybridized carbons (Fsp3) is 0.533. The Morgan fingerprint density at radius 3 is 2.64 bits per heavy atom. The van der Waals surface area contributed by atoms with E-state index in [-0.39, 0.29) is 12.5 Å². The molecule has 1 saturated carbocycles. The van der Waals surface area contributed by atoms with Gasteiger partial charge in [0.1, 0.15) is 0 Å². The Labute approximate surface area is 126 Å². The quantitative estimate of drug-likeness (QED) is 0.782. The molecule has 1 aliphatic carbocycles. The van der Waals surface area contributed by atoms with Crippen LogP contribution < -0.4 is 10.6 Å². The van der Waals surface area contributed by atoms with Gasteiger partial charge in [-0.2, -0.15) is 13.2 Å². The molecule has 1 fully saturated rings. The average molecular weight is 316 g/mol. The highest BCUT2D eigenvalue weighted by Crippen LogP contribution is 2.42. The van der Waals surface area contributed by atoms with Gasteiger partial charge in [-0.3, -0.25) is 0 Å². The Morgan fingerprint density at radius 1 is 1.41 bits per heavy atom. The summed E-state index contributed by atoms with van der Waals surface area (Å²) in [6.07, 6.45) is -3.34. The van der Waals surface area contributed by atoms with Gasteiger partial charge in [-0.25, -0.2) is 4.79 Å². The molecular weight excluding hydrogens is 297 g/mol. The molecule has 7 heteroatoms. The van der Waals surface area contributed by atoms with E-state index in [2.05, 4.69) is 10.6 Å². The Kier molecular flexibility index (Phi) is 4.95. The zero-order chi connectivity index (χ0) is 16.3. The lowest BCUT2D eigenvalue weighted by Crippen LogP contribution is -2.41. The predicted molar refractivity (Wildman–Crippen MR) is 75.1 cm³/mol. The summed E-state index contributed by atoms with van der Waals surface area (Å²) in [5.41, 5.74) is -0.272. The minimum atomic E-state index is -4.40. The van der Waals surface area contributed by atoms with Crippen LogP contribution in [0.1, 0.15) is 36.9 Å². The van der Waals surface area contributed by atoms with E-state index in [9.17, 15) is 18.0 Å². The summed E-state index contributed by atoms with van der Waals surface area (Å²) in [6, 6.07) is 4.10. The summed E-state index contributed by atoms with van der Waals surface area (Å²) in [4.78, 5) is 11.8. The fourth-order valence-electron chi connectivity index (χ4n) is 2.24. The summed E-state index contributed by atoms with van der Waals surface area (Å²) >= 11 is 0. The lowest BCUT2D eigenvalue weighted by Gasteiger charge is -2.20. The van der Waals surface area contributed by atoms with Gasteiger partial charge in [0, 0.05) is 6.54 Å². The van der Waals surface area contributed by atoms with Gasteiger partial charge in [0.25, 0.3) is 0 Å². The Morgan fingerprint density at radius 2 is 2.09 bits per heavy atom. The van der Waals surface area contributed by atoms with E-state index in [1.807, 2.05) is 0 Å². The maximum Gasteiger partial charge on any atom is 0.416 e. The fourth-order valence-corrected chi connectivity index (χ4v) is 2.24. The molecule has 1 aromatic carbocycles. The largest absolute Gasteiger partial charge is 0.416 e. The van der Waals surface area contributed by atoms with Crippen LogP contribution in [0.3, 0.4) is 0 Å². The minimum absolute atomic E-state index is 0.0891. The maximum atomic E-state index is 12.8. The van der Waals surface area contributed by atoms with Crippen molar-refractivity contribution in [1.29, 1.82) is 0 Å². The first kappa shape index (κ1) is 16.6. The molecule has 0 spiro atoms. The summed E-state index contributed by atoms with van der Waals surface area (Å²) in [6.45, 7) is 1.62. The monoisotopic (exact) mass is 316 g/mol. The van der Waals surface area contributed by atoms with Crippen LogP contribution in [0.2, 0.25) is 0 Å². The van der Waals surface area contributed by atoms with Gasteiger partial charge in [-0.05, 0) is 43.4 Å². The van der Waals surface area contributed by atoms with Crippen LogP contribution >= 0.6 is 0 Å². The maximum absolute atomic E-state index is 12.8. The molecule has 0 bridgehead atoms. The molecule has 22 heavy (non-hydrogen) atoms. The van der Waals surface area contributed by atoms with Crippen LogP contribution in [-0.2, 0) is 6.18 Å². The number of rotatable bonds is 5. The molecule has 122 valence electrons. The number of urea groups is 1. The molecule has 0 saturated heterocycles. The highest BCUT2D eigenvalue weighted by atomic mass is 19.4. The van der Waals surface area contributed by atoms with Gasteiger partial charge in [-0.15, -0.1) is 0 Å². The zero-order valence-corrected chi connectivity index (χ0v) is 12.2. The van der Waals surface area contributed by atoms with Gasteiger partial charge in [0.05, 0.1) is 17.7 Å².